The van der Waals surface area contributed by atoms with Gasteiger partial charge in [-0.15, -0.1) is 0 Å². The highest BCUT2D eigenvalue weighted by Crippen LogP contribution is 2.22. The Kier molecular flexibility index (Phi) is 7.23. The summed E-state index contributed by atoms with van der Waals surface area (Å²) >= 11 is 0. The lowest BCUT2D eigenvalue weighted by atomic mass is 10.1. The van der Waals surface area contributed by atoms with E-state index >= 15 is 0 Å². The Balaban J connectivity index is 2.20. The summed E-state index contributed by atoms with van der Waals surface area (Å²) in [5.41, 5.74) is 0.320. The molecule has 2 aromatic rings. The molecule has 2 aliphatic rings. The molecule has 0 saturated heterocycles. The highest BCUT2D eigenvalue weighted by atomic mass is 32.2. The molecule has 2 aliphatic carbocycles. The van der Waals surface area contributed by atoms with Gasteiger partial charge in [-0.1, -0.05) is 30.3 Å². The van der Waals surface area contributed by atoms with Crippen molar-refractivity contribution in [3.8, 4) is 0 Å². The second-order valence-corrected chi connectivity index (χ2v) is 10.6. The van der Waals surface area contributed by atoms with Crippen LogP contribution in [0.3, 0.4) is 0 Å². The van der Waals surface area contributed by atoms with Gasteiger partial charge in [0.25, 0.3) is 21.7 Å². The van der Waals surface area contributed by atoms with Crippen molar-refractivity contribution < 1.29 is 36.0 Å². The van der Waals surface area contributed by atoms with Gasteiger partial charge in [0.1, 0.15) is 10.6 Å². The quantitative estimate of drug-likeness (QED) is 0.115. The molecule has 0 radical (unpaired) electrons. The molecule has 0 saturated carbocycles. The average Bonchev–Trinajstić information content (AvgIpc) is 2.87. The van der Waals surface area contributed by atoms with Crippen LogP contribution in [0.4, 0.5) is 11.4 Å². The maximum atomic E-state index is 13.6. The molecular weight excluding hydrogens is 556 g/mol. The smallest absolute Gasteiger partial charge is 0.293 e. The molecule has 0 heterocycles. The van der Waals surface area contributed by atoms with Crippen molar-refractivity contribution in [2.75, 3.05) is 5.43 Å². The summed E-state index contributed by atoms with van der Waals surface area (Å²) < 4.78 is 65.1. The summed E-state index contributed by atoms with van der Waals surface area (Å²) in [4.78, 5) is 39.6. The summed E-state index contributed by atoms with van der Waals surface area (Å²) in [6, 6.07) is 15.1. The zero-order valence-electron chi connectivity index (χ0n) is 19.3. The molecule has 4 N–H and O–H groups in total. The van der Waals surface area contributed by atoms with E-state index in [1.807, 2.05) is 0 Å². The first kappa shape index (κ1) is 27.4. The number of anilines is 1. The molecule has 0 atom stereocenters. The molecule has 0 spiro atoms. The predicted molar refractivity (Wildman–Crippen MR) is 135 cm³/mol. The van der Waals surface area contributed by atoms with Crippen LogP contribution in [-0.4, -0.2) is 37.1 Å². The largest absolute Gasteiger partial charge is 0.296 e. The fourth-order valence-corrected chi connectivity index (χ4v) is 4.97. The molecule has 0 bridgehead atoms. The Labute approximate surface area is 218 Å². The van der Waals surface area contributed by atoms with E-state index in [0.717, 1.165) is 18.2 Å². The van der Waals surface area contributed by atoms with Crippen LogP contribution in [0.25, 0.3) is 0 Å². The Morgan fingerprint density at radius 3 is 2.18 bits per heavy atom. The minimum Gasteiger partial charge on any atom is -0.293 e. The van der Waals surface area contributed by atoms with E-state index in [9.17, 15) is 46.0 Å². The molecule has 200 valence electrons. The minimum atomic E-state index is -5.24. The number of nitro groups is 1. The minimum absolute atomic E-state index is 0.118. The van der Waals surface area contributed by atoms with Gasteiger partial charge >= 0.3 is 0 Å². The van der Waals surface area contributed by atoms with Gasteiger partial charge in [0, 0.05) is 16.8 Å². The third-order valence-electron chi connectivity index (χ3n) is 5.33. The SMILES string of the molecule is O=C(N=c1ccc(=S(=O)(O)O)c2cc(S(=O)(=O)O)c(=NNc3ccccc3[N+](=O)[O-])c(=O)c1=2)c1ccccc1. The van der Waals surface area contributed by atoms with Crippen molar-refractivity contribution in [3.05, 3.63) is 124 Å². The molecule has 0 aliphatic heterocycles. The van der Waals surface area contributed by atoms with Gasteiger partial charge in [-0.3, -0.25) is 38.8 Å². The lowest BCUT2D eigenvalue weighted by molar-refractivity contribution is -0.384. The number of nitro benzene ring substituents is 1. The Morgan fingerprint density at radius 1 is 0.923 bits per heavy atom. The van der Waals surface area contributed by atoms with Gasteiger partial charge < -0.3 is 0 Å². The maximum Gasteiger partial charge on any atom is 0.296 e. The number of carbonyl (C=O) groups excluding carboxylic acids is 1. The number of hydrogen-bond donors (Lipinski definition) is 4. The van der Waals surface area contributed by atoms with Gasteiger partial charge in [-0.25, -0.2) is 9.20 Å². The number of amides is 1. The summed E-state index contributed by atoms with van der Waals surface area (Å²) in [5.74, 6) is -0.826. The van der Waals surface area contributed by atoms with Crippen LogP contribution in [-0.2, 0) is 20.2 Å². The van der Waals surface area contributed by atoms with Crippen LogP contribution in [0.15, 0.2) is 92.6 Å². The predicted octanol–water partition coefficient (Wildman–Crippen LogP) is 1.23. The lowest BCUT2D eigenvalue weighted by Crippen LogP contribution is -2.36. The molecule has 0 aromatic heterocycles. The van der Waals surface area contributed by atoms with Crippen LogP contribution < -0.4 is 21.6 Å². The van der Waals surface area contributed by atoms with Crippen LogP contribution in [0.2, 0.25) is 0 Å². The van der Waals surface area contributed by atoms with Crippen LogP contribution in [0.5, 0.6) is 0 Å². The Hall–Kier alpha value is -4.61. The van der Waals surface area contributed by atoms with Gasteiger partial charge in [0.05, 0.1) is 20.0 Å². The van der Waals surface area contributed by atoms with E-state index in [1.54, 1.807) is 18.2 Å². The molecule has 4 rings (SSSR count). The van der Waals surface area contributed by atoms with E-state index in [2.05, 4.69) is 15.5 Å². The van der Waals surface area contributed by atoms with E-state index < -0.39 is 67.3 Å². The normalized spacial score (nSPS) is 13.0. The zero-order valence-corrected chi connectivity index (χ0v) is 20.9. The summed E-state index contributed by atoms with van der Waals surface area (Å²) in [6.45, 7) is 0. The van der Waals surface area contributed by atoms with Crippen molar-refractivity contribution in [1.82, 2.24) is 0 Å². The number of nitrogens with one attached hydrogen (secondary N) is 1. The second kappa shape index (κ2) is 10.3. The van der Waals surface area contributed by atoms with Crippen LogP contribution in [0, 0.1) is 25.1 Å². The maximum absolute atomic E-state index is 13.6. The number of nitrogens with zero attached hydrogens (tertiary/aromatic N) is 3. The van der Waals surface area contributed by atoms with Gasteiger partial charge in [-0.05, 0) is 36.4 Å². The highest BCUT2D eigenvalue weighted by Gasteiger charge is 2.20. The molecule has 1 amide bonds. The fraction of sp³-hybridized carbons (Fsp3) is 0. The van der Waals surface area contributed by atoms with E-state index in [-0.39, 0.29) is 16.6 Å². The molecule has 39 heavy (non-hydrogen) atoms. The van der Waals surface area contributed by atoms with E-state index in [0.29, 0.717) is 6.07 Å². The average molecular weight is 573 g/mol. The number of hydrogen-bond acceptors (Lipinski definition) is 9. The molecule has 2 aromatic carbocycles. The number of carbonyl (C=O) groups is 1. The number of rotatable bonds is 5. The number of benzene rings is 2. The fourth-order valence-electron chi connectivity index (χ4n) is 3.63. The molecule has 0 fully saturated rings. The summed E-state index contributed by atoms with van der Waals surface area (Å²) in [6.07, 6.45) is 0. The molecule has 14 nitrogen and oxygen atoms in total. The summed E-state index contributed by atoms with van der Waals surface area (Å²) in [7, 11) is -10.0. The van der Waals surface area contributed by atoms with Gasteiger partial charge in [0.15, 0.2) is 5.36 Å². The van der Waals surface area contributed by atoms with Crippen molar-refractivity contribution in [3.63, 3.8) is 0 Å². The highest BCUT2D eigenvalue weighted by molar-refractivity contribution is 7.85. The van der Waals surface area contributed by atoms with Crippen molar-refractivity contribution in [1.29, 1.82) is 0 Å². The molecular formula is C23H16N4O10S2. The van der Waals surface area contributed by atoms with Crippen molar-refractivity contribution in [2.45, 2.75) is 4.90 Å². The van der Waals surface area contributed by atoms with Crippen molar-refractivity contribution >= 4 is 37.5 Å². The standard InChI is InChI=1S/C23H16N4O10S2/c28-22-20-14(18(38(32,33)34)11-10-16(20)24-23(29)13-6-2-1-3-7-13)12-19(39(35,36)37)21(22)26-25-15-8-4-5-9-17(15)27(30)31/h1-12,25H,(H2,32,33,34)(H,35,36,37). The first-order valence-electron chi connectivity index (χ1n) is 10.6. The number of para-hydroxylation sites is 2. The van der Waals surface area contributed by atoms with Gasteiger partial charge in [-0.2, -0.15) is 13.5 Å². The first-order chi connectivity index (χ1) is 18.3. The third-order valence-corrected chi connectivity index (χ3v) is 7.13. The van der Waals surface area contributed by atoms with E-state index in [1.165, 1.54) is 30.3 Å². The van der Waals surface area contributed by atoms with Gasteiger partial charge in [0.2, 0.25) is 15.5 Å². The van der Waals surface area contributed by atoms with E-state index in [4.69, 9.17) is 0 Å². The lowest BCUT2D eigenvalue weighted by Gasteiger charge is -2.04. The first-order valence-corrected chi connectivity index (χ1v) is 13.5. The summed E-state index contributed by atoms with van der Waals surface area (Å²) in [5, 5.41) is 12.4. The topological polar surface area (TPSA) is 226 Å². The Bertz CT molecular complexity index is 2160. The Morgan fingerprint density at radius 2 is 1.56 bits per heavy atom. The van der Waals surface area contributed by atoms with Crippen LogP contribution >= 0.6 is 0 Å². The second-order valence-electron chi connectivity index (χ2n) is 7.81. The van der Waals surface area contributed by atoms with Crippen molar-refractivity contribution in [2.24, 2.45) is 10.1 Å². The monoisotopic (exact) mass is 572 g/mol. The third kappa shape index (κ3) is 5.64. The zero-order chi connectivity index (χ0) is 28.5. The van der Waals surface area contributed by atoms with Crippen LogP contribution in [0.1, 0.15) is 10.4 Å². The molecule has 16 heteroatoms. The molecule has 0 unspecified atom stereocenters.